The molecule has 2 aromatic carbocycles. The first kappa shape index (κ1) is 19.4. The van der Waals surface area contributed by atoms with Crippen LogP contribution in [0.2, 0.25) is 0 Å². The van der Waals surface area contributed by atoms with Crippen LogP contribution < -0.4 is 9.96 Å². The quantitative estimate of drug-likeness (QED) is 0.349. The van der Waals surface area contributed by atoms with Gasteiger partial charge in [0.15, 0.2) is 6.10 Å². The Morgan fingerprint density at radius 2 is 1.74 bits per heavy atom. The van der Waals surface area contributed by atoms with E-state index < -0.39 is 28.9 Å². The van der Waals surface area contributed by atoms with Gasteiger partial charge in [-0.15, -0.1) is 11.3 Å². The number of hydrogen-bond acceptors (Lipinski definition) is 7. The number of para-hydroxylation sites is 1. The minimum atomic E-state index is -0.964. The third-order valence-corrected chi connectivity index (χ3v) is 6.56. The number of rotatable bonds is 4. The Morgan fingerprint density at radius 1 is 1.00 bits per heavy atom. The van der Waals surface area contributed by atoms with Crippen LogP contribution in [-0.2, 0) is 14.4 Å². The van der Waals surface area contributed by atoms with Crippen molar-refractivity contribution in [3.05, 3.63) is 86.6 Å². The Hall–Kier alpha value is -3.56. The van der Waals surface area contributed by atoms with Gasteiger partial charge >= 0.3 is 0 Å². The third kappa shape index (κ3) is 3.01. The molecule has 3 atom stereocenters. The van der Waals surface area contributed by atoms with Gasteiger partial charge in [-0.2, -0.15) is 0 Å². The number of carbonyl (C=O) groups is 2. The molecule has 0 N–H and O–H groups in total. The van der Waals surface area contributed by atoms with E-state index in [2.05, 4.69) is 0 Å². The normalized spacial score (nSPS) is 22.8. The number of amides is 2. The van der Waals surface area contributed by atoms with Gasteiger partial charge in [-0.05, 0) is 42.1 Å². The zero-order chi connectivity index (χ0) is 21.7. The maximum absolute atomic E-state index is 13.5. The Bertz CT molecular complexity index is 1180. The van der Waals surface area contributed by atoms with E-state index in [1.165, 1.54) is 35.6 Å². The minimum Gasteiger partial charge on any atom is -0.273 e. The van der Waals surface area contributed by atoms with Crippen LogP contribution in [0.25, 0.3) is 0 Å². The number of carbonyl (C=O) groups excluding carboxylic acids is 2. The van der Waals surface area contributed by atoms with Crippen molar-refractivity contribution in [2.45, 2.75) is 19.1 Å². The highest BCUT2D eigenvalue weighted by molar-refractivity contribution is 7.10. The molecule has 0 saturated carbocycles. The zero-order valence-electron chi connectivity index (χ0n) is 16.4. The number of nitro benzene ring substituents is 1. The van der Waals surface area contributed by atoms with E-state index in [-0.39, 0.29) is 11.6 Å². The van der Waals surface area contributed by atoms with Crippen molar-refractivity contribution in [2.24, 2.45) is 5.92 Å². The molecule has 2 amide bonds. The highest BCUT2D eigenvalue weighted by Gasteiger charge is 2.60. The highest BCUT2D eigenvalue weighted by Crippen LogP contribution is 2.49. The molecule has 31 heavy (non-hydrogen) atoms. The van der Waals surface area contributed by atoms with Gasteiger partial charge in [-0.3, -0.25) is 24.5 Å². The summed E-state index contributed by atoms with van der Waals surface area (Å²) < 4.78 is 0. The van der Waals surface area contributed by atoms with Gasteiger partial charge < -0.3 is 0 Å². The van der Waals surface area contributed by atoms with Crippen LogP contribution in [-0.4, -0.2) is 22.8 Å². The molecule has 2 saturated heterocycles. The number of thiophene rings is 1. The van der Waals surface area contributed by atoms with Crippen molar-refractivity contribution in [1.29, 1.82) is 0 Å². The molecule has 5 rings (SSSR count). The maximum atomic E-state index is 13.5. The second-order valence-corrected chi connectivity index (χ2v) is 8.39. The molecule has 8 nitrogen and oxygen atoms in total. The van der Waals surface area contributed by atoms with Crippen molar-refractivity contribution in [1.82, 2.24) is 0 Å². The van der Waals surface area contributed by atoms with E-state index in [1.807, 2.05) is 48.7 Å². The fourth-order valence-corrected chi connectivity index (χ4v) is 5.01. The summed E-state index contributed by atoms with van der Waals surface area (Å²) in [6, 6.07) is 16.4. The molecular weight excluding hydrogens is 418 g/mol. The minimum absolute atomic E-state index is 0.110. The lowest BCUT2D eigenvalue weighted by Gasteiger charge is -2.28. The van der Waals surface area contributed by atoms with E-state index >= 15 is 0 Å². The zero-order valence-corrected chi connectivity index (χ0v) is 17.2. The third-order valence-electron chi connectivity index (χ3n) is 5.62. The van der Waals surface area contributed by atoms with Crippen LogP contribution in [0, 0.1) is 23.0 Å². The fourth-order valence-electron chi connectivity index (χ4n) is 4.16. The number of non-ortho nitro benzene ring substituents is 1. The molecule has 0 aliphatic carbocycles. The molecule has 0 radical (unpaired) electrons. The van der Waals surface area contributed by atoms with Gasteiger partial charge in [0.2, 0.25) is 5.91 Å². The standard InChI is InChI=1S/C22H17N3O5S/c1-13-5-2-3-6-16(13)24-19(17-7-4-12-31-17)18-20(30-24)22(27)23(21(18)26)14-8-10-15(11-9-14)25(28)29/h2-12,18-20H,1H3. The summed E-state index contributed by atoms with van der Waals surface area (Å²) in [4.78, 5) is 45.2. The second kappa shape index (κ2) is 7.29. The number of hydrogen-bond donors (Lipinski definition) is 0. The van der Waals surface area contributed by atoms with Crippen molar-refractivity contribution < 1.29 is 19.3 Å². The van der Waals surface area contributed by atoms with Gasteiger partial charge in [0.05, 0.1) is 16.3 Å². The smallest absolute Gasteiger partial charge is 0.269 e. The monoisotopic (exact) mass is 435 g/mol. The van der Waals surface area contributed by atoms with Crippen LogP contribution in [0.3, 0.4) is 0 Å². The molecule has 2 aliphatic heterocycles. The average Bonchev–Trinajstić information content (AvgIpc) is 3.46. The van der Waals surface area contributed by atoms with Crippen LogP contribution in [0.5, 0.6) is 0 Å². The summed E-state index contributed by atoms with van der Waals surface area (Å²) in [6.07, 6.45) is -0.964. The van der Waals surface area contributed by atoms with Gasteiger partial charge in [-0.1, -0.05) is 24.3 Å². The van der Waals surface area contributed by atoms with E-state index in [9.17, 15) is 19.7 Å². The number of nitro groups is 1. The van der Waals surface area contributed by atoms with E-state index in [1.54, 1.807) is 5.06 Å². The van der Waals surface area contributed by atoms with E-state index in [4.69, 9.17) is 4.84 Å². The lowest BCUT2D eigenvalue weighted by molar-refractivity contribution is -0.384. The van der Waals surface area contributed by atoms with Gasteiger partial charge in [-0.25, -0.2) is 9.96 Å². The number of aryl methyl sites for hydroxylation is 1. The van der Waals surface area contributed by atoms with Crippen LogP contribution in [0.1, 0.15) is 16.5 Å². The van der Waals surface area contributed by atoms with Crippen LogP contribution in [0.15, 0.2) is 66.0 Å². The average molecular weight is 435 g/mol. The van der Waals surface area contributed by atoms with Crippen molar-refractivity contribution in [3.63, 3.8) is 0 Å². The molecule has 156 valence electrons. The van der Waals surface area contributed by atoms with Gasteiger partial charge in [0.1, 0.15) is 12.0 Å². The molecule has 3 unspecified atom stereocenters. The molecule has 1 aromatic heterocycles. The van der Waals surface area contributed by atoms with Crippen molar-refractivity contribution >= 4 is 40.2 Å². The number of anilines is 2. The van der Waals surface area contributed by atoms with Gasteiger partial charge in [0.25, 0.3) is 11.6 Å². The number of nitrogens with zero attached hydrogens (tertiary/aromatic N) is 3. The molecule has 0 bridgehead atoms. The van der Waals surface area contributed by atoms with Crippen LogP contribution >= 0.6 is 11.3 Å². The Kier molecular flexibility index (Phi) is 4.57. The molecule has 2 fully saturated rings. The molecule has 3 aromatic rings. The maximum Gasteiger partial charge on any atom is 0.269 e. The summed E-state index contributed by atoms with van der Waals surface area (Å²) in [5.74, 6) is -1.57. The summed E-state index contributed by atoms with van der Waals surface area (Å²) in [7, 11) is 0. The van der Waals surface area contributed by atoms with E-state index in [0.717, 1.165) is 21.0 Å². The first-order valence-electron chi connectivity index (χ1n) is 9.64. The number of hydroxylamine groups is 1. The Labute approximate surface area is 181 Å². The molecular formula is C22H17N3O5S. The molecule has 2 aliphatic rings. The largest absolute Gasteiger partial charge is 0.273 e. The summed E-state index contributed by atoms with van der Waals surface area (Å²) >= 11 is 1.50. The molecule has 0 spiro atoms. The summed E-state index contributed by atoms with van der Waals surface area (Å²) in [5.41, 5.74) is 1.96. The summed E-state index contributed by atoms with van der Waals surface area (Å²) in [5, 5.41) is 14.5. The number of benzene rings is 2. The predicted octanol–water partition coefficient (Wildman–Crippen LogP) is 4.02. The lowest BCUT2D eigenvalue weighted by Crippen LogP contribution is -2.37. The highest BCUT2D eigenvalue weighted by atomic mass is 32.1. The van der Waals surface area contributed by atoms with E-state index in [0.29, 0.717) is 5.69 Å². The number of fused-ring (bicyclic) bond motifs is 1. The van der Waals surface area contributed by atoms with Crippen LogP contribution in [0.4, 0.5) is 17.1 Å². The molecule has 3 heterocycles. The summed E-state index contributed by atoms with van der Waals surface area (Å²) in [6.45, 7) is 1.95. The number of imide groups is 1. The van der Waals surface area contributed by atoms with Gasteiger partial charge in [0, 0.05) is 17.0 Å². The Morgan fingerprint density at radius 3 is 2.39 bits per heavy atom. The topological polar surface area (TPSA) is 93.0 Å². The molecule has 9 heteroatoms. The first-order valence-corrected chi connectivity index (χ1v) is 10.5. The van der Waals surface area contributed by atoms with Crippen molar-refractivity contribution in [3.8, 4) is 0 Å². The second-order valence-electron chi connectivity index (χ2n) is 7.41. The SMILES string of the molecule is Cc1ccccc1N1OC2C(=O)N(c3ccc([N+](=O)[O-])cc3)C(=O)C2C1c1cccs1. The first-order chi connectivity index (χ1) is 15.0. The fraction of sp³-hybridized carbons (Fsp3) is 0.182. The predicted molar refractivity (Wildman–Crippen MR) is 115 cm³/mol. The van der Waals surface area contributed by atoms with Crippen molar-refractivity contribution in [2.75, 3.05) is 9.96 Å². The Balaban J connectivity index is 1.54. The lowest BCUT2D eigenvalue weighted by atomic mass is 9.95.